The fourth-order valence-corrected chi connectivity index (χ4v) is 9.42. The molecule has 0 saturated carbocycles. The number of fused-ring (bicyclic) bond motifs is 7. The number of rotatable bonds is 4. The predicted molar refractivity (Wildman–Crippen MR) is 205 cm³/mol. The third-order valence-corrected chi connectivity index (χ3v) is 12.8. The second kappa shape index (κ2) is 13.5. The summed E-state index contributed by atoms with van der Waals surface area (Å²) >= 11 is 3.69. The maximum absolute atomic E-state index is 4.85. The first-order chi connectivity index (χ1) is 22.2. The molecule has 0 aliphatic heterocycles. The number of aryl methyl sites for hydroxylation is 1. The van der Waals surface area contributed by atoms with Crippen LogP contribution in [0.2, 0.25) is 19.6 Å². The Balaban J connectivity index is 0.000000194. The van der Waals surface area contributed by atoms with Gasteiger partial charge in [-0.15, -0.1) is 47.5 Å². The molecule has 6 heteroatoms. The van der Waals surface area contributed by atoms with Crippen molar-refractivity contribution in [1.29, 1.82) is 0 Å². The molecule has 1 radical (unpaired) electrons. The van der Waals surface area contributed by atoms with Gasteiger partial charge in [-0.05, 0) is 72.8 Å². The molecule has 0 unspecified atom stereocenters. The summed E-state index contributed by atoms with van der Waals surface area (Å²) in [7, 11) is -1.23. The van der Waals surface area contributed by atoms with E-state index < -0.39 is 8.07 Å². The molecule has 0 bridgehead atoms. The van der Waals surface area contributed by atoms with Crippen LogP contribution in [-0.2, 0) is 20.1 Å². The number of benzene rings is 4. The van der Waals surface area contributed by atoms with Crippen molar-refractivity contribution in [2.45, 2.75) is 46.3 Å². The molecule has 8 rings (SSSR count). The topological polar surface area (TPSA) is 25.8 Å². The van der Waals surface area contributed by atoms with Crippen LogP contribution in [0.3, 0.4) is 0 Å². The Kier molecular flexibility index (Phi) is 9.62. The Hall–Kier alpha value is -3.51. The van der Waals surface area contributed by atoms with Gasteiger partial charge < -0.3 is 9.97 Å². The molecule has 0 aliphatic rings. The summed E-state index contributed by atoms with van der Waals surface area (Å²) in [5.74, 6) is 0.470. The molecule has 0 N–H and O–H groups in total. The van der Waals surface area contributed by atoms with Crippen molar-refractivity contribution in [1.82, 2.24) is 9.97 Å². The van der Waals surface area contributed by atoms with Crippen molar-refractivity contribution < 1.29 is 20.1 Å². The molecule has 4 heterocycles. The minimum absolute atomic E-state index is 0. The van der Waals surface area contributed by atoms with Gasteiger partial charge in [0.05, 0.1) is 8.07 Å². The molecule has 0 fully saturated rings. The molecule has 0 spiro atoms. The molecule has 4 aromatic heterocycles. The molecule has 4 aromatic carbocycles. The second-order valence-corrected chi connectivity index (χ2v) is 20.3. The Labute approximate surface area is 299 Å². The van der Waals surface area contributed by atoms with Gasteiger partial charge in [-0.25, -0.2) is 0 Å². The number of hydrogen-bond acceptors (Lipinski definition) is 4. The van der Waals surface area contributed by atoms with Gasteiger partial charge in [0.1, 0.15) is 0 Å². The third kappa shape index (κ3) is 6.50. The van der Waals surface area contributed by atoms with Crippen molar-refractivity contribution >= 4 is 76.3 Å². The van der Waals surface area contributed by atoms with Crippen LogP contribution in [-0.4, -0.2) is 18.0 Å². The maximum atomic E-state index is 4.85. The molecule has 237 valence electrons. The van der Waals surface area contributed by atoms with Crippen molar-refractivity contribution in [3.05, 3.63) is 127 Å². The molecular formula is C41H36IrN2S2Si-2. The van der Waals surface area contributed by atoms with Gasteiger partial charge in [0, 0.05) is 41.9 Å². The summed E-state index contributed by atoms with van der Waals surface area (Å²) in [6.45, 7) is 13.6. The number of nitrogens with zero attached hydrogens (tertiary/aromatic N) is 2. The summed E-state index contributed by atoms with van der Waals surface area (Å²) in [6.07, 6.45) is 4.04. The molecule has 0 atom stereocenters. The van der Waals surface area contributed by atoms with E-state index in [1.54, 1.807) is 0 Å². The van der Waals surface area contributed by atoms with E-state index in [0.29, 0.717) is 5.92 Å². The minimum Gasteiger partial charge on any atom is -0.305 e. The fourth-order valence-electron chi connectivity index (χ4n) is 6.05. The van der Waals surface area contributed by atoms with Crippen LogP contribution in [0.25, 0.3) is 62.9 Å². The van der Waals surface area contributed by atoms with Crippen LogP contribution >= 0.6 is 22.7 Å². The third-order valence-electron chi connectivity index (χ3n) is 8.54. The maximum Gasteiger partial charge on any atom is 0.0795 e. The number of aromatic nitrogens is 2. The monoisotopic (exact) mass is 841 g/mol. The van der Waals surface area contributed by atoms with Crippen LogP contribution < -0.4 is 5.19 Å². The molecule has 8 aromatic rings. The van der Waals surface area contributed by atoms with Gasteiger partial charge in [0.25, 0.3) is 0 Å². The minimum atomic E-state index is -1.23. The van der Waals surface area contributed by atoms with E-state index >= 15 is 0 Å². The zero-order valence-electron chi connectivity index (χ0n) is 27.4. The number of hydrogen-bond donors (Lipinski definition) is 0. The normalized spacial score (nSPS) is 11.6. The molecule has 47 heavy (non-hydrogen) atoms. The van der Waals surface area contributed by atoms with Gasteiger partial charge in [0.15, 0.2) is 0 Å². The Morgan fingerprint density at radius 1 is 0.723 bits per heavy atom. The van der Waals surface area contributed by atoms with E-state index in [4.69, 9.17) is 4.98 Å². The first kappa shape index (κ1) is 33.4. The SMILES string of the molecule is C[Si](C)(C)c1ccc(-c2[c-]cccc2)nc1.Cc1cnc(-c2[c-]c3sc4ccccc4c3c3c2sc2ccccc23)cc1C(C)C.[Ir]. The van der Waals surface area contributed by atoms with Gasteiger partial charge >= 0.3 is 0 Å². The summed E-state index contributed by atoms with van der Waals surface area (Å²) in [5.41, 5.74) is 6.84. The fraction of sp³-hybridized carbons (Fsp3) is 0.171. The molecule has 0 amide bonds. The smallest absolute Gasteiger partial charge is 0.0795 e. The van der Waals surface area contributed by atoms with E-state index in [0.717, 1.165) is 22.5 Å². The second-order valence-electron chi connectivity index (χ2n) is 13.1. The first-order valence-corrected chi connectivity index (χ1v) is 20.9. The van der Waals surface area contributed by atoms with Gasteiger partial charge in [-0.2, -0.15) is 22.7 Å². The van der Waals surface area contributed by atoms with Gasteiger partial charge in [-0.3, -0.25) is 0 Å². The van der Waals surface area contributed by atoms with Crippen LogP contribution in [0, 0.1) is 19.1 Å². The van der Waals surface area contributed by atoms with Crippen LogP contribution in [0.4, 0.5) is 0 Å². The van der Waals surface area contributed by atoms with E-state index in [2.05, 4.69) is 124 Å². The van der Waals surface area contributed by atoms with Crippen LogP contribution in [0.5, 0.6) is 0 Å². The molecule has 0 saturated heterocycles. The van der Waals surface area contributed by atoms with E-state index in [9.17, 15) is 0 Å². The van der Waals surface area contributed by atoms with E-state index in [1.807, 2.05) is 59.3 Å². The Morgan fingerprint density at radius 2 is 1.38 bits per heavy atom. The van der Waals surface area contributed by atoms with E-state index in [1.165, 1.54) is 56.7 Å². The van der Waals surface area contributed by atoms with Crippen molar-refractivity contribution in [3.63, 3.8) is 0 Å². The van der Waals surface area contributed by atoms with Gasteiger partial charge in [-0.1, -0.05) is 98.9 Å². The Bertz CT molecular complexity index is 2330. The zero-order valence-corrected chi connectivity index (χ0v) is 32.5. The standard InChI is InChI=1S/C27H20NS2.C14H16NSi.Ir/c1-15(2)19-12-21(28-14-16(19)3)20-13-24-25(17-8-4-6-10-22(17)29-24)26-18-9-5-7-11-23(18)30-27(20)26;1-16(2,3)13-9-10-14(15-11-13)12-7-5-4-6-8-12;/h4-12,14-15H,1-3H3;4-7,9-11H,1-3H3;/q2*-1;. The predicted octanol–water partition coefficient (Wildman–Crippen LogP) is 11.8. The van der Waals surface area contributed by atoms with Crippen LogP contribution in [0.15, 0.2) is 103 Å². The summed E-state index contributed by atoms with van der Waals surface area (Å²) in [4.78, 5) is 9.37. The quantitative estimate of drug-likeness (QED) is 0.130. The van der Waals surface area contributed by atoms with Crippen molar-refractivity contribution in [2.24, 2.45) is 0 Å². The summed E-state index contributed by atoms with van der Waals surface area (Å²) in [5, 5.41) is 6.74. The van der Waals surface area contributed by atoms with Crippen LogP contribution in [0.1, 0.15) is 30.9 Å². The summed E-state index contributed by atoms with van der Waals surface area (Å²) in [6, 6.07) is 39.0. The average molecular weight is 841 g/mol. The van der Waals surface area contributed by atoms with Gasteiger partial charge in [0.2, 0.25) is 0 Å². The molecule has 0 aliphatic carbocycles. The first-order valence-electron chi connectivity index (χ1n) is 15.8. The molecule has 2 nitrogen and oxygen atoms in total. The largest absolute Gasteiger partial charge is 0.305 e. The molecular weight excluding hydrogens is 805 g/mol. The number of pyridine rings is 2. The van der Waals surface area contributed by atoms with E-state index in [-0.39, 0.29) is 20.1 Å². The summed E-state index contributed by atoms with van der Waals surface area (Å²) < 4.78 is 5.15. The Morgan fingerprint density at radius 3 is 2.02 bits per heavy atom. The van der Waals surface area contributed by atoms with Crippen molar-refractivity contribution in [3.8, 4) is 22.5 Å². The average Bonchev–Trinajstić information content (AvgIpc) is 3.63. The number of thiophene rings is 2. The van der Waals surface area contributed by atoms with Crippen molar-refractivity contribution in [2.75, 3.05) is 0 Å². The zero-order chi connectivity index (χ0) is 32.0.